The minimum absolute atomic E-state index is 0.751. The van der Waals surface area contributed by atoms with Crippen LogP contribution in [0.3, 0.4) is 0 Å². The number of aryl methyl sites for hydroxylation is 2. The fourth-order valence-corrected chi connectivity index (χ4v) is 4.95. The average Bonchev–Trinajstić information content (AvgIpc) is 3.22. The molecule has 6 rings (SSSR count). The zero-order valence-electron chi connectivity index (χ0n) is 20.0. The smallest absolute Gasteiger partial charge is 0.0715 e. The molecule has 0 saturated heterocycles. The molecule has 170 valence electrons. The van der Waals surface area contributed by atoms with Crippen molar-refractivity contribution in [2.24, 2.45) is 0 Å². The lowest BCUT2D eigenvalue weighted by molar-refractivity contribution is 0.827. The number of hydrogen-bond acceptors (Lipinski definition) is 2. The van der Waals surface area contributed by atoms with E-state index in [4.69, 9.17) is 10.7 Å². The summed E-state index contributed by atoms with van der Waals surface area (Å²) < 4.78 is 2.39. The molecule has 2 aromatic heterocycles. The van der Waals surface area contributed by atoms with E-state index < -0.39 is 0 Å². The molecular weight excluding hydrogens is 426 g/mol. The second-order valence-electron chi connectivity index (χ2n) is 9.11. The molecule has 0 spiro atoms. The lowest BCUT2D eigenvalue weighted by atomic mass is 9.98. The number of aromatic nitrogens is 2. The van der Waals surface area contributed by atoms with Crippen molar-refractivity contribution in [1.82, 2.24) is 9.55 Å². The molecule has 0 bridgehead atoms. The van der Waals surface area contributed by atoms with Gasteiger partial charge in [0, 0.05) is 45.2 Å². The quantitative estimate of drug-likeness (QED) is 0.274. The third kappa shape index (κ3) is 3.75. The maximum absolute atomic E-state index is 5.95. The summed E-state index contributed by atoms with van der Waals surface area (Å²) in [6.07, 6.45) is 0. The minimum Gasteiger partial charge on any atom is -0.399 e. The molecule has 0 radical (unpaired) electrons. The second-order valence-corrected chi connectivity index (χ2v) is 9.11. The van der Waals surface area contributed by atoms with Crippen molar-refractivity contribution < 1.29 is 0 Å². The topological polar surface area (TPSA) is 43.8 Å². The van der Waals surface area contributed by atoms with E-state index in [9.17, 15) is 0 Å². The van der Waals surface area contributed by atoms with E-state index in [1.54, 1.807) is 0 Å². The fourth-order valence-electron chi connectivity index (χ4n) is 4.95. The van der Waals surface area contributed by atoms with Crippen molar-refractivity contribution in [3.8, 4) is 33.6 Å². The maximum Gasteiger partial charge on any atom is 0.0715 e. The van der Waals surface area contributed by atoms with Gasteiger partial charge in [-0.3, -0.25) is 0 Å². The lowest BCUT2D eigenvalue weighted by Crippen LogP contribution is -1.93. The Bertz CT molecular complexity index is 1610. The number of hydrogen-bond donors (Lipinski definition) is 1. The van der Waals surface area contributed by atoms with Gasteiger partial charge in [-0.2, -0.15) is 0 Å². The number of benzene rings is 4. The third-order valence-electron chi connectivity index (χ3n) is 6.80. The fraction of sp³-hybridized carbons (Fsp3) is 0.0938. The van der Waals surface area contributed by atoms with E-state index >= 15 is 0 Å². The van der Waals surface area contributed by atoms with E-state index in [0.717, 1.165) is 40.3 Å². The Hall–Kier alpha value is -4.37. The Balaban J connectivity index is 1.57. The first-order valence-corrected chi connectivity index (χ1v) is 12.1. The van der Waals surface area contributed by atoms with Crippen molar-refractivity contribution in [2.45, 2.75) is 20.4 Å². The van der Waals surface area contributed by atoms with Gasteiger partial charge in [0.2, 0.25) is 0 Å². The van der Waals surface area contributed by atoms with E-state index in [1.807, 2.05) is 24.3 Å². The molecule has 2 N–H and O–H groups in total. The van der Waals surface area contributed by atoms with Crippen LogP contribution in [0.4, 0.5) is 5.69 Å². The standard InChI is InChI=1S/C32H27N3/c1-3-35-31-7-5-4-6-27(31)28-18-24(14-17-32(28)35)25-19-29(22-10-8-21(2)9-11-22)34-30(20-25)23-12-15-26(33)16-13-23/h4-20H,3,33H2,1-2H3. The molecule has 0 saturated carbocycles. The molecule has 4 aromatic carbocycles. The van der Waals surface area contributed by atoms with Gasteiger partial charge < -0.3 is 10.3 Å². The molecule has 0 aliphatic rings. The van der Waals surface area contributed by atoms with Crippen molar-refractivity contribution in [1.29, 1.82) is 0 Å². The summed E-state index contributed by atoms with van der Waals surface area (Å²) in [5.74, 6) is 0. The van der Waals surface area contributed by atoms with Gasteiger partial charge in [-0.25, -0.2) is 4.98 Å². The predicted molar refractivity (Wildman–Crippen MR) is 148 cm³/mol. The summed E-state index contributed by atoms with van der Waals surface area (Å²) >= 11 is 0. The number of nitrogens with zero attached hydrogens (tertiary/aromatic N) is 2. The highest BCUT2D eigenvalue weighted by atomic mass is 15.0. The van der Waals surface area contributed by atoms with Gasteiger partial charge in [0.05, 0.1) is 11.4 Å². The Morgan fingerprint density at radius 3 is 1.91 bits per heavy atom. The first kappa shape index (κ1) is 21.2. The first-order chi connectivity index (χ1) is 17.1. The van der Waals surface area contributed by atoms with Crippen molar-refractivity contribution in [2.75, 3.05) is 5.73 Å². The highest BCUT2D eigenvalue weighted by Gasteiger charge is 2.13. The summed E-state index contributed by atoms with van der Waals surface area (Å²) in [7, 11) is 0. The van der Waals surface area contributed by atoms with Crippen LogP contribution in [0.15, 0.2) is 103 Å². The summed E-state index contributed by atoms with van der Waals surface area (Å²) in [6, 6.07) is 36.4. The van der Waals surface area contributed by atoms with Gasteiger partial charge in [-0.1, -0.05) is 66.2 Å². The van der Waals surface area contributed by atoms with E-state index in [0.29, 0.717) is 0 Å². The molecule has 0 unspecified atom stereocenters. The number of rotatable bonds is 4. The third-order valence-corrected chi connectivity index (χ3v) is 6.80. The summed E-state index contributed by atoms with van der Waals surface area (Å²) in [5.41, 5.74) is 16.9. The second kappa shape index (κ2) is 8.44. The van der Waals surface area contributed by atoms with Crippen LogP contribution in [0.2, 0.25) is 0 Å². The van der Waals surface area contributed by atoms with Crippen LogP contribution < -0.4 is 5.73 Å². The van der Waals surface area contributed by atoms with Crippen molar-refractivity contribution in [3.63, 3.8) is 0 Å². The molecule has 6 aromatic rings. The van der Waals surface area contributed by atoms with Crippen LogP contribution >= 0.6 is 0 Å². The van der Waals surface area contributed by atoms with E-state index in [-0.39, 0.29) is 0 Å². The van der Waals surface area contributed by atoms with Gasteiger partial charge in [-0.05, 0) is 67.4 Å². The predicted octanol–water partition coefficient (Wildman–Crippen LogP) is 8.10. The zero-order chi connectivity index (χ0) is 23.9. The summed E-state index contributed by atoms with van der Waals surface area (Å²) in [6.45, 7) is 5.25. The van der Waals surface area contributed by atoms with Crippen LogP contribution in [-0.2, 0) is 6.54 Å². The first-order valence-electron chi connectivity index (χ1n) is 12.1. The monoisotopic (exact) mass is 453 g/mol. The average molecular weight is 454 g/mol. The highest BCUT2D eigenvalue weighted by Crippen LogP contribution is 2.35. The molecular formula is C32H27N3. The number of para-hydroxylation sites is 1. The molecule has 0 aliphatic carbocycles. The number of anilines is 1. The van der Waals surface area contributed by atoms with Crippen LogP contribution in [0.25, 0.3) is 55.4 Å². The molecule has 0 fully saturated rings. The number of nitrogens with two attached hydrogens (primary N) is 1. The van der Waals surface area contributed by atoms with Gasteiger partial charge in [0.15, 0.2) is 0 Å². The Morgan fingerprint density at radius 2 is 1.23 bits per heavy atom. The number of nitrogen functional groups attached to an aromatic ring is 1. The van der Waals surface area contributed by atoms with E-state index in [2.05, 4.69) is 97.3 Å². The molecule has 3 nitrogen and oxygen atoms in total. The van der Waals surface area contributed by atoms with E-state index in [1.165, 1.54) is 32.9 Å². The summed E-state index contributed by atoms with van der Waals surface area (Å²) in [4.78, 5) is 5.04. The Labute approximate surface area is 205 Å². The van der Waals surface area contributed by atoms with Crippen LogP contribution in [0.5, 0.6) is 0 Å². The van der Waals surface area contributed by atoms with Gasteiger partial charge in [0.25, 0.3) is 0 Å². The van der Waals surface area contributed by atoms with Crippen molar-refractivity contribution in [3.05, 3.63) is 109 Å². The highest BCUT2D eigenvalue weighted by molar-refractivity contribution is 6.09. The van der Waals surface area contributed by atoms with Crippen LogP contribution in [-0.4, -0.2) is 9.55 Å². The number of fused-ring (bicyclic) bond motifs is 3. The molecule has 0 atom stereocenters. The summed E-state index contributed by atoms with van der Waals surface area (Å²) in [5, 5.41) is 2.57. The molecule has 0 amide bonds. The zero-order valence-corrected chi connectivity index (χ0v) is 20.0. The van der Waals surface area contributed by atoms with Gasteiger partial charge in [-0.15, -0.1) is 0 Å². The van der Waals surface area contributed by atoms with Crippen molar-refractivity contribution >= 4 is 27.5 Å². The van der Waals surface area contributed by atoms with Crippen LogP contribution in [0, 0.1) is 6.92 Å². The maximum atomic E-state index is 5.95. The molecule has 3 heteroatoms. The van der Waals surface area contributed by atoms with Gasteiger partial charge in [0.1, 0.15) is 0 Å². The Kier molecular flexibility index (Phi) is 5.11. The lowest BCUT2D eigenvalue weighted by Gasteiger charge is -2.11. The molecule has 0 aliphatic heterocycles. The molecule has 2 heterocycles. The molecule has 35 heavy (non-hydrogen) atoms. The minimum atomic E-state index is 0.751. The largest absolute Gasteiger partial charge is 0.399 e. The SMILES string of the molecule is CCn1c2ccccc2c2cc(-c3cc(-c4ccc(C)cc4)nc(-c4ccc(N)cc4)c3)ccc21. The van der Waals surface area contributed by atoms with Crippen LogP contribution in [0.1, 0.15) is 12.5 Å². The Morgan fingerprint density at radius 1 is 0.629 bits per heavy atom. The van der Waals surface area contributed by atoms with Gasteiger partial charge >= 0.3 is 0 Å². The number of pyridine rings is 1. The normalized spacial score (nSPS) is 11.4.